The monoisotopic (exact) mass is 543 g/mol. The maximum atomic E-state index is 13.0. The molecule has 0 amide bonds. The molecule has 3 heteroatoms. The minimum absolute atomic E-state index is 0.133. The number of hydrogen-bond acceptors (Lipinski definition) is 1. The third kappa shape index (κ3) is 2.96. The zero-order valence-corrected chi connectivity index (χ0v) is 26.4. The average Bonchev–Trinajstić information content (AvgIpc) is 3.42. The number of carboxylic acid groups (broad SMARTS) is 1. The van der Waals surface area contributed by atoms with Gasteiger partial charge in [-0.15, -0.1) is 0 Å². The van der Waals surface area contributed by atoms with Crippen molar-refractivity contribution in [2.24, 2.45) is 64.2 Å². The van der Waals surface area contributed by atoms with E-state index in [-0.39, 0.29) is 21.7 Å². The second kappa shape index (κ2) is 8.19. The van der Waals surface area contributed by atoms with E-state index in [0.717, 1.165) is 25.7 Å². The van der Waals surface area contributed by atoms with E-state index >= 15 is 0 Å². The molecule has 1 N–H and O–H groups in total. The number of carbonyl (C=O) groups is 1. The first-order valence-electron chi connectivity index (χ1n) is 16.5. The van der Waals surface area contributed by atoms with Crippen molar-refractivity contribution >= 4 is 16.9 Å². The van der Waals surface area contributed by atoms with Crippen molar-refractivity contribution in [1.82, 2.24) is 4.57 Å². The number of benzene rings is 1. The fraction of sp³-hybridized carbons (Fsp3) is 0.757. The van der Waals surface area contributed by atoms with Gasteiger partial charge >= 0.3 is 5.97 Å². The molecule has 3 nitrogen and oxygen atoms in total. The lowest BCUT2D eigenvalue weighted by molar-refractivity contribution is -0.230. The van der Waals surface area contributed by atoms with Gasteiger partial charge in [-0.2, -0.15) is 0 Å². The van der Waals surface area contributed by atoms with Crippen molar-refractivity contribution in [3.8, 4) is 0 Å². The molecule has 218 valence electrons. The first-order valence-corrected chi connectivity index (χ1v) is 16.5. The molecule has 0 bridgehead atoms. The van der Waals surface area contributed by atoms with Gasteiger partial charge in [-0.1, -0.05) is 66.7 Å². The SMILES string of the molecule is CC(C)[C@@H]1CC[C@]2(C(=O)O)CC[C@]3(C)C(CCC4[C@@]5(C)Cc6c(n(C)c7ccccc67)C(C)(C)C5CC[C@]43C)C12. The Labute approximate surface area is 242 Å². The van der Waals surface area contributed by atoms with E-state index in [1.165, 1.54) is 43.0 Å². The van der Waals surface area contributed by atoms with Gasteiger partial charge in [0.25, 0.3) is 0 Å². The van der Waals surface area contributed by atoms with Crippen LogP contribution in [0.25, 0.3) is 10.9 Å². The number of para-hydroxylation sites is 1. The van der Waals surface area contributed by atoms with Crippen LogP contribution >= 0.6 is 0 Å². The van der Waals surface area contributed by atoms with Crippen LogP contribution in [0.4, 0.5) is 0 Å². The smallest absolute Gasteiger partial charge is 0.309 e. The van der Waals surface area contributed by atoms with Crippen LogP contribution in [0.1, 0.15) is 111 Å². The summed E-state index contributed by atoms with van der Waals surface area (Å²) in [4.78, 5) is 13.0. The highest BCUT2D eigenvalue weighted by Crippen LogP contribution is 2.77. The maximum absolute atomic E-state index is 13.0. The van der Waals surface area contributed by atoms with Crippen molar-refractivity contribution < 1.29 is 9.90 Å². The summed E-state index contributed by atoms with van der Waals surface area (Å²) in [6.45, 7) is 17.8. The van der Waals surface area contributed by atoms with Gasteiger partial charge in [-0.3, -0.25) is 4.79 Å². The van der Waals surface area contributed by atoms with Gasteiger partial charge in [0.05, 0.1) is 5.41 Å². The summed E-state index contributed by atoms with van der Waals surface area (Å²) in [7, 11) is 2.30. The standard InChI is InChI=1S/C37H53NO2/c1-22(2)23-15-18-37(32(39)40)20-19-35(6)26(30(23)37)13-14-29-34(5)21-25-24-11-9-10-12-27(24)38(8)31(25)33(3,4)28(34)16-17-36(29,35)7/h9-12,22-23,26,28-30H,13-21H2,1-8H3,(H,39,40)/t23-,26?,28?,29?,30?,34-,35+,36+,37-/m0/s1. The van der Waals surface area contributed by atoms with Crippen LogP contribution in [-0.2, 0) is 23.7 Å². The quantitative estimate of drug-likeness (QED) is 0.411. The van der Waals surface area contributed by atoms with Gasteiger partial charge in [0.15, 0.2) is 0 Å². The van der Waals surface area contributed by atoms with E-state index in [9.17, 15) is 9.90 Å². The van der Waals surface area contributed by atoms with Gasteiger partial charge in [0.2, 0.25) is 0 Å². The van der Waals surface area contributed by atoms with Crippen molar-refractivity contribution in [2.75, 3.05) is 0 Å². The normalized spacial score (nSPS) is 45.4. The summed E-state index contributed by atoms with van der Waals surface area (Å²) in [5.74, 6) is 2.88. The Balaban J connectivity index is 1.34. The van der Waals surface area contributed by atoms with Crippen LogP contribution < -0.4 is 0 Å². The molecule has 2 aromatic rings. The zero-order valence-electron chi connectivity index (χ0n) is 26.4. The summed E-state index contributed by atoms with van der Waals surface area (Å²) in [5.41, 5.74) is 4.97. The number of aromatic nitrogens is 1. The highest BCUT2D eigenvalue weighted by Gasteiger charge is 2.72. The van der Waals surface area contributed by atoms with Gasteiger partial charge < -0.3 is 9.67 Å². The lowest BCUT2D eigenvalue weighted by atomic mass is 9.32. The van der Waals surface area contributed by atoms with Crippen LogP contribution in [0.2, 0.25) is 0 Å². The molecule has 7 rings (SSSR count). The zero-order chi connectivity index (χ0) is 28.6. The second-order valence-electron chi connectivity index (χ2n) is 16.9. The summed E-state index contributed by atoms with van der Waals surface area (Å²) >= 11 is 0. The lowest BCUT2D eigenvalue weighted by Gasteiger charge is -2.72. The molecule has 1 aromatic heterocycles. The predicted octanol–water partition coefficient (Wildman–Crippen LogP) is 9.01. The highest BCUT2D eigenvalue weighted by molar-refractivity contribution is 5.86. The van der Waals surface area contributed by atoms with Gasteiger partial charge in [0.1, 0.15) is 0 Å². The summed E-state index contributed by atoms with van der Waals surface area (Å²) < 4.78 is 2.52. The number of aliphatic carboxylic acids is 1. The topological polar surface area (TPSA) is 42.2 Å². The minimum Gasteiger partial charge on any atom is -0.481 e. The molecule has 1 heterocycles. The molecular weight excluding hydrogens is 490 g/mol. The third-order valence-corrected chi connectivity index (χ3v) is 15.3. The Kier molecular flexibility index (Phi) is 5.55. The fourth-order valence-corrected chi connectivity index (χ4v) is 13.6. The van der Waals surface area contributed by atoms with Crippen molar-refractivity contribution in [3.63, 3.8) is 0 Å². The van der Waals surface area contributed by atoms with Crippen LogP contribution in [0, 0.1) is 57.2 Å². The summed E-state index contributed by atoms with van der Waals surface area (Å²) in [6.07, 6.45) is 10.3. The van der Waals surface area contributed by atoms with E-state index in [2.05, 4.69) is 84.3 Å². The Morgan fingerprint density at radius 3 is 2.33 bits per heavy atom. The molecule has 9 atom stereocenters. The number of hydrogen-bond donors (Lipinski definition) is 1. The molecule has 0 spiro atoms. The number of nitrogens with zero attached hydrogens (tertiary/aromatic N) is 1. The van der Waals surface area contributed by atoms with Gasteiger partial charge in [0, 0.05) is 29.1 Å². The number of rotatable bonds is 2. The third-order valence-electron chi connectivity index (χ3n) is 15.3. The minimum atomic E-state index is -0.483. The number of aryl methyl sites for hydroxylation is 1. The molecular formula is C37H53NO2. The van der Waals surface area contributed by atoms with Crippen molar-refractivity contribution in [3.05, 3.63) is 35.5 Å². The molecule has 5 aliphatic rings. The van der Waals surface area contributed by atoms with Crippen LogP contribution in [0.5, 0.6) is 0 Å². The van der Waals surface area contributed by atoms with Crippen molar-refractivity contribution in [1.29, 1.82) is 0 Å². The first kappa shape index (κ1) is 27.1. The van der Waals surface area contributed by atoms with Gasteiger partial charge in [-0.05, 0) is 121 Å². The van der Waals surface area contributed by atoms with Crippen LogP contribution in [0.15, 0.2) is 24.3 Å². The summed E-state index contributed by atoms with van der Waals surface area (Å²) in [6, 6.07) is 9.11. The highest BCUT2D eigenvalue weighted by atomic mass is 16.4. The van der Waals surface area contributed by atoms with E-state index in [4.69, 9.17) is 0 Å². The predicted molar refractivity (Wildman–Crippen MR) is 163 cm³/mol. The molecule has 40 heavy (non-hydrogen) atoms. The molecule has 4 fully saturated rings. The maximum Gasteiger partial charge on any atom is 0.309 e. The number of fused-ring (bicyclic) bond motifs is 10. The Morgan fingerprint density at radius 1 is 0.900 bits per heavy atom. The Bertz CT molecular complexity index is 1380. The van der Waals surface area contributed by atoms with Crippen molar-refractivity contribution in [2.45, 2.75) is 112 Å². The second-order valence-corrected chi connectivity index (χ2v) is 16.9. The average molecular weight is 544 g/mol. The van der Waals surface area contributed by atoms with Crippen LogP contribution in [0.3, 0.4) is 0 Å². The van der Waals surface area contributed by atoms with E-state index in [1.807, 2.05) is 0 Å². The summed E-state index contributed by atoms with van der Waals surface area (Å²) in [5, 5.41) is 12.2. The lowest BCUT2D eigenvalue weighted by Crippen LogP contribution is -2.67. The molecule has 0 saturated heterocycles. The Hall–Kier alpha value is -1.77. The molecule has 0 aliphatic heterocycles. The molecule has 5 aliphatic carbocycles. The van der Waals surface area contributed by atoms with E-state index in [1.54, 1.807) is 11.3 Å². The van der Waals surface area contributed by atoms with E-state index < -0.39 is 11.4 Å². The number of carboxylic acids is 1. The van der Waals surface area contributed by atoms with Gasteiger partial charge in [-0.25, -0.2) is 0 Å². The van der Waals surface area contributed by atoms with E-state index in [0.29, 0.717) is 35.5 Å². The largest absolute Gasteiger partial charge is 0.481 e. The fourth-order valence-electron chi connectivity index (χ4n) is 13.6. The molecule has 1 aromatic carbocycles. The van der Waals surface area contributed by atoms with Crippen LogP contribution in [-0.4, -0.2) is 15.6 Å². The molecule has 4 unspecified atom stereocenters. The molecule has 4 saturated carbocycles. The molecule has 0 radical (unpaired) electrons. The Morgan fingerprint density at radius 2 is 1.62 bits per heavy atom. The first-order chi connectivity index (χ1) is 18.7.